The summed E-state index contributed by atoms with van der Waals surface area (Å²) in [5, 5.41) is 14.7. The Labute approximate surface area is 143 Å². The van der Waals surface area contributed by atoms with Crippen LogP contribution in [0.15, 0.2) is 36.4 Å². The molecule has 0 aromatic heterocycles. The summed E-state index contributed by atoms with van der Waals surface area (Å²) in [6, 6.07) is 9.23. The number of hydrogen-bond donors (Lipinski definition) is 1. The van der Waals surface area contributed by atoms with E-state index in [2.05, 4.69) is 10.1 Å². The average Bonchev–Trinajstić information content (AvgIpc) is 2.60. The Balaban J connectivity index is 2.26. The highest BCUT2D eigenvalue weighted by Crippen LogP contribution is 2.28. The molecule has 0 unspecified atom stereocenters. The van der Waals surface area contributed by atoms with Crippen LogP contribution >= 0.6 is 11.6 Å². The molecule has 0 spiro atoms. The SMILES string of the molecule is COC(=O)c1ccc(NCc2cc(OC)ccc2Cl)c([N+](=O)[O-])c1. The van der Waals surface area contributed by atoms with Crippen molar-refractivity contribution in [2.75, 3.05) is 19.5 Å². The van der Waals surface area contributed by atoms with E-state index in [9.17, 15) is 14.9 Å². The van der Waals surface area contributed by atoms with Crippen molar-refractivity contribution in [2.45, 2.75) is 6.54 Å². The van der Waals surface area contributed by atoms with Crippen LogP contribution in [0.5, 0.6) is 5.75 Å². The number of nitrogens with one attached hydrogen (secondary N) is 1. The third-order valence-corrected chi connectivity index (χ3v) is 3.71. The summed E-state index contributed by atoms with van der Waals surface area (Å²) < 4.78 is 9.70. The molecule has 0 aliphatic rings. The van der Waals surface area contributed by atoms with Crippen molar-refractivity contribution < 1.29 is 19.2 Å². The van der Waals surface area contributed by atoms with Crippen molar-refractivity contribution in [3.05, 3.63) is 62.7 Å². The molecule has 2 rings (SSSR count). The Kier molecular flexibility index (Phi) is 5.59. The molecule has 0 bridgehead atoms. The Morgan fingerprint density at radius 2 is 2.00 bits per heavy atom. The third-order valence-electron chi connectivity index (χ3n) is 3.34. The number of methoxy groups -OCH3 is 2. The van der Waals surface area contributed by atoms with Gasteiger partial charge in [0, 0.05) is 17.6 Å². The average molecular weight is 351 g/mol. The molecule has 0 aliphatic heterocycles. The van der Waals surface area contributed by atoms with Gasteiger partial charge in [0.15, 0.2) is 0 Å². The normalized spacial score (nSPS) is 10.1. The molecule has 7 nitrogen and oxygen atoms in total. The van der Waals surface area contributed by atoms with E-state index >= 15 is 0 Å². The van der Waals surface area contributed by atoms with E-state index in [0.29, 0.717) is 10.8 Å². The smallest absolute Gasteiger partial charge is 0.338 e. The Hall–Kier alpha value is -2.80. The number of benzene rings is 2. The number of hydrogen-bond acceptors (Lipinski definition) is 6. The molecule has 2 aromatic carbocycles. The zero-order valence-electron chi connectivity index (χ0n) is 13.0. The lowest BCUT2D eigenvalue weighted by Gasteiger charge is -2.11. The molecule has 0 radical (unpaired) electrons. The van der Waals surface area contributed by atoms with Crippen LogP contribution in [0, 0.1) is 10.1 Å². The standard InChI is InChI=1S/C16H15ClN2O5/c1-23-12-4-5-13(17)11(7-12)9-18-14-6-3-10(16(20)24-2)8-15(14)19(21)22/h3-8,18H,9H2,1-2H3. The summed E-state index contributed by atoms with van der Waals surface area (Å²) in [4.78, 5) is 22.2. The zero-order valence-corrected chi connectivity index (χ0v) is 13.8. The van der Waals surface area contributed by atoms with Crippen LogP contribution in [0.4, 0.5) is 11.4 Å². The summed E-state index contributed by atoms with van der Waals surface area (Å²) in [6.45, 7) is 0.258. The van der Waals surface area contributed by atoms with E-state index in [1.165, 1.54) is 32.4 Å². The van der Waals surface area contributed by atoms with Crippen molar-refractivity contribution in [1.29, 1.82) is 0 Å². The molecular formula is C16H15ClN2O5. The molecule has 1 N–H and O–H groups in total. The molecule has 0 heterocycles. The minimum Gasteiger partial charge on any atom is -0.497 e. The van der Waals surface area contributed by atoms with Gasteiger partial charge in [-0.2, -0.15) is 0 Å². The van der Waals surface area contributed by atoms with Crippen LogP contribution in [0.2, 0.25) is 5.02 Å². The summed E-state index contributed by atoms with van der Waals surface area (Å²) in [6.07, 6.45) is 0. The minimum atomic E-state index is -0.638. The van der Waals surface area contributed by atoms with Gasteiger partial charge < -0.3 is 14.8 Å². The van der Waals surface area contributed by atoms with Crippen molar-refractivity contribution in [2.24, 2.45) is 0 Å². The van der Waals surface area contributed by atoms with Gasteiger partial charge in [-0.15, -0.1) is 0 Å². The highest BCUT2D eigenvalue weighted by molar-refractivity contribution is 6.31. The molecule has 0 saturated carbocycles. The van der Waals surface area contributed by atoms with Crippen LogP contribution in [-0.2, 0) is 11.3 Å². The van der Waals surface area contributed by atoms with E-state index < -0.39 is 10.9 Å². The third kappa shape index (κ3) is 3.94. The summed E-state index contributed by atoms with van der Waals surface area (Å²) >= 11 is 6.12. The number of nitro groups is 1. The fraction of sp³-hybridized carbons (Fsp3) is 0.188. The Morgan fingerprint density at radius 3 is 2.62 bits per heavy atom. The van der Waals surface area contributed by atoms with Gasteiger partial charge in [-0.05, 0) is 35.9 Å². The number of ether oxygens (including phenoxy) is 2. The molecule has 8 heteroatoms. The first-order valence-corrected chi connectivity index (χ1v) is 7.27. The first-order chi connectivity index (χ1) is 11.5. The molecule has 0 aliphatic carbocycles. The number of halogens is 1. The number of rotatable bonds is 6. The second-order valence-corrected chi connectivity index (χ2v) is 5.20. The van der Waals surface area contributed by atoms with Crippen LogP contribution in [-0.4, -0.2) is 25.1 Å². The minimum absolute atomic E-state index is 0.106. The number of nitrogens with zero attached hydrogens (tertiary/aromatic N) is 1. The molecule has 2 aromatic rings. The van der Waals surface area contributed by atoms with Gasteiger partial charge >= 0.3 is 5.97 Å². The van der Waals surface area contributed by atoms with Crippen molar-refractivity contribution >= 4 is 28.9 Å². The fourth-order valence-corrected chi connectivity index (χ4v) is 2.27. The van der Waals surface area contributed by atoms with Gasteiger partial charge in [0.1, 0.15) is 11.4 Å². The number of carbonyl (C=O) groups excluding carboxylic acids is 1. The van der Waals surface area contributed by atoms with Gasteiger partial charge in [0.05, 0.1) is 24.7 Å². The molecular weight excluding hydrogens is 336 g/mol. The Bertz CT molecular complexity index is 779. The van der Waals surface area contributed by atoms with Gasteiger partial charge in [0.2, 0.25) is 0 Å². The second-order valence-electron chi connectivity index (χ2n) is 4.79. The molecule has 0 atom stereocenters. The summed E-state index contributed by atoms with van der Waals surface area (Å²) in [5.41, 5.74) is 0.875. The second kappa shape index (κ2) is 7.65. The zero-order chi connectivity index (χ0) is 17.7. The van der Waals surface area contributed by atoms with Gasteiger partial charge in [-0.3, -0.25) is 10.1 Å². The van der Waals surface area contributed by atoms with Crippen molar-refractivity contribution in [3.63, 3.8) is 0 Å². The van der Waals surface area contributed by atoms with Crippen LogP contribution in [0.3, 0.4) is 0 Å². The topological polar surface area (TPSA) is 90.7 Å². The van der Waals surface area contributed by atoms with E-state index in [4.69, 9.17) is 16.3 Å². The lowest BCUT2D eigenvalue weighted by molar-refractivity contribution is -0.384. The highest BCUT2D eigenvalue weighted by Gasteiger charge is 2.18. The number of carbonyl (C=O) groups is 1. The van der Waals surface area contributed by atoms with Gasteiger partial charge in [-0.1, -0.05) is 11.6 Å². The largest absolute Gasteiger partial charge is 0.497 e. The van der Waals surface area contributed by atoms with E-state index in [1.807, 2.05) is 0 Å². The van der Waals surface area contributed by atoms with Gasteiger partial charge in [0.25, 0.3) is 5.69 Å². The molecule has 0 amide bonds. The number of esters is 1. The van der Waals surface area contributed by atoms with Crippen LogP contribution in [0.25, 0.3) is 0 Å². The first-order valence-electron chi connectivity index (χ1n) is 6.89. The number of nitro benzene ring substituents is 1. The highest BCUT2D eigenvalue weighted by atomic mass is 35.5. The lowest BCUT2D eigenvalue weighted by Crippen LogP contribution is -2.06. The molecule has 24 heavy (non-hydrogen) atoms. The van der Waals surface area contributed by atoms with Crippen molar-refractivity contribution in [1.82, 2.24) is 0 Å². The van der Waals surface area contributed by atoms with Crippen LogP contribution in [0.1, 0.15) is 15.9 Å². The first kappa shape index (κ1) is 17.6. The van der Waals surface area contributed by atoms with Crippen LogP contribution < -0.4 is 10.1 Å². The van der Waals surface area contributed by atoms with Crippen molar-refractivity contribution in [3.8, 4) is 5.75 Å². The lowest BCUT2D eigenvalue weighted by atomic mass is 10.1. The maximum atomic E-state index is 11.5. The van der Waals surface area contributed by atoms with E-state index in [-0.39, 0.29) is 23.5 Å². The molecule has 126 valence electrons. The maximum Gasteiger partial charge on any atom is 0.338 e. The van der Waals surface area contributed by atoms with E-state index in [0.717, 1.165) is 5.56 Å². The van der Waals surface area contributed by atoms with Gasteiger partial charge in [-0.25, -0.2) is 4.79 Å². The summed E-state index contributed by atoms with van der Waals surface area (Å²) in [7, 11) is 2.75. The summed E-state index contributed by atoms with van der Waals surface area (Å²) in [5.74, 6) is -0.00720. The monoisotopic (exact) mass is 350 g/mol. The predicted octanol–water partition coefficient (Wildman–Crippen LogP) is 3.66. The quantitative estimate of drug-likeness (QED) is 0.485. The maximum absolute atomic E-state index is 11.5. The number of anilines is 1. The molecule has 0 fully saturated rings. The predicted molar refractivity (Wildman–Crippen MR) is 89.8 cm³/mol. The Morgan fingerprint density at radius 1 is 1.25 bits per heavy atom. The fourth-order valence-electron chi connectivity index (χ4n) is 2.08. The van der Waals surface area contributed by atoms with E-state index in [1.54, 1.807) is 18.2 Å². The molecule has 0 saturated heterocycles.